The Morgan fingerprint density at radius 3 is 3.00 bits per heavy atom. The predicted molar refractivity (Wildman–Crippen MR) is 89.6 cm³/mol. The number of halogens is 1. The lowest BCUT2D eigenvalue weighted by atomic mass is 10.0. The Labute approximate surface area is 139 Å². The number of hydrogen-bond acceptors (Lipinski definition) is 4. The average molecular weight is 332 g/mol. The molecule has 0 aliphatic heterocycles. The smallest absolute Gasteiger partial charge is 0.227 e. The molecule has 3 rings (SSSR count). The van der Waals surface area contributed by atoms with Crippen LogP contribution >= 0.6 is 11.6 Å². The van der Waals surface area contributed by atoms with Crippen LogP contribution in [0.1, 0.15) is 12.8 Å². The molecule has 2 atom stereocenters. The second kappa shape index (κ2) is 6.52. The molecule has 2 unspecified atom stereocenters. The second-order valence-electron chi connectivity index (χ2n) is 5.66. The van der Waals surface area contributed by atoms with Crippen LogP contribution in [0.15, 0.2) is 42.9 Å². The van der Waals surface area contributed by atoms with Crippen molar-refractivity contribution in [2.45, 2.75) is 18.9 Å². The van der Waals surface area contributed by atoms with Crippen molar-refractivity contribution in [2.24, 2.45) is 11.7 Å². The third-order valence-corrected chi connectivity index (χ3v) is 4.21. The second-order valence-corrected chi connectivity index (χ2v) is 6.02. The molecule has 120 valence electrons. The molecule has 2 aromatic rings. The molecule has 7 heteroatoms. The zero-order valence-corrected chi connectivity index (χ0v) is 13.5. The molecule has 0 radical (unpaired) electrons. The Morgan fingerprint density at radius 2 is 2.35 bits per heavy atom. The SMILES string of the molecule is CN(C(=O)CC1C=CC(N)C1)c1cn(-c2cccnc2)nc1Cl. The molecule has 0 fully saturated rings. The van der Waals surface area contributed by atoms with E-state index in [4.69, 9.17) is 17.3 Å². The van der Waals surface area contributed by atoms with Crippen molar-refractivity contribution in [1.82, 2.24) is 14.8 Å². The molecule has 1 aliphatic rings. The Balaban J connectivity index is 1.74. The molecule has 23 heavy (non-hydrogen) atoms. The number of anilines is 1. The fraction of sp³-hybridized carbons (Fsp3) is 0.312. The van der Waals surface area contributed by atoms with Gasteiger partial charge in [0.15, 0.2) is 5.15 Å². The first-order valence-corrected chi connectivity index (χ1v) is 7.78. The first kappa shape index (κ1) is 15.7. The largest absolute Gasteiger partial charge is 0.324 e. The molecule has 0 bridgehead atoms. The van der Waals surface area contributed by atoms with Crippen LogP contribution in [0, 0.1) is 5.92 Å². The molecule has 0 saturated carbocycles. The molecule has 6 nitrogen and oxygen atoms in total. The van der Waals surface area contributed by atoms with Crippen molar-refractivity contribution in [1.29, 1.82) is 0 Å². The minimum absolute atomic E-state index is 0.0126. The summed E-state index contributed by atoms with van der Waals surface area (Å²) in [7, 11) is 1.71. The highest BCUT2D eigenvalue weighted by Crippen LogP contribution is 2.27. The molecular weight excluding hydrogens is 314 g/mol. The van der Waals surface area contributed by atoms with Gasteiger partial charge in [-0.1, -0.05) is 23.8 Å². The fourth-order valence-corrected chi connectivity index (χ4v) is 2.90. The van der Waals surface area contributed by atoms with E-state index < -0.39 is 0 Å². The summed E-state index contributed by atoms with van der Waals surface area (Å²) < 4.78 is 1.61. The van der Waals surface area contributed by atoms with Crippen LogP contribution in [0.5, 0.6) is 0 Å². The number of carbonyl (C=O) groups is 1. The van der Waals surface area contributed by atoms with Gasteiger partial charge in [0.05, 0.1) is 18.1 Å². The van der Waals surface area contributed by atoms with Crippen molar-refractivity contribution in [2.75, 3.05) is 11.9 Å². The standard InChI is InChI=1S/C16H18ClN5O/c1-21(15(23)8-11-4-5-12(18)7-11)14-10-22(20-16(14)17)13-3-2-6-19-9-13/h2-6,9-12H,7-8,18H2,1H3. The Morgan fingerprint density at radius 1 is 1.52 bits per heavy atom. The van der Waals surface area contributed by atoms with Crippen LogP contribution in [0.4, 0.5) is 5.69 Å². The van der Waals surface area contributed by atoms with Gasteiger partial charge in [0.25, 0.3) is 0 Å². The zero-order valence-electron chi connectivity index (χ0n) is 12.8. The highest BCUT2D eigenvalue weighted by atomic mass is 35.5. The van der Waals surface area contributed by atoms with E-state index in [0.29, 0.717) is 12.1 Å². The van der Waals surface area contributed by atoms with Gasteiger partial charge in [0, 0.05) is 25.7 Å². The first-order chi connectivity index (χ1) is 11.0. The molecule has 2 N–H and O–H groups in total. The summed E-state index contributed by atoms with van der Waals surface area (Å²) in [5.41, 5.74) is 7.19. The summed E-state index contributed by atoms with van der Waals surface area (Å²) in [6.07, 6.45) is 10.3. The van der Waals surface area contributed by atoms with Gasteiger partial charge >= 0.3 is 0 Å². The number of allylic oxidation sites excluding steroid dienone is 1. The van der Waals surface area contributed by atoms with Gasteiger partial charge in [0.1, 0.15) is 5.69 Å². The number of hydrogen-bond donors (Lipinski definition) is 1. The summed E-state index contributed by atoms with van der Waals surface area (Å²) in [6.45, 7) is 0. The van der Waals surface area contributed by atoms with Crippen LogP contribution in [0.3, 0.4) is 0 Å². The monoisotopic (exact) mass is 331 g/mol. The van der Waals surface area contributed by atoms with Gasteiger partial charge in [-0.15, -0.1) is 0 Å². The van der Waals surface area contributed by atoms with Crippen molar-refractivity contribution in [3.05, 3.63) is 48.0 Å². The van der Waals surface area contributed by atoms with E-state index in [1.54, 1.807) is 35.2 Å². The number of rotatable bonds is 4. The van der Waals surface area contributed by atoms with E-state index >= 15 is 0 Å². The van der Waals surface area contributed by atoms with Gasteiger partial charge < -0.3 is 10.6 Å². The molecule has 0 spiro atoms. The van der Waals surface area contributed by atoms with Crippen LogP contribution in [0.25, 0.3) is 5.69 Å². The van der Waals surface area contributed by atoms with E-state index in [0.717, 1.165) is 12.1 Å². The molecule has 1 amide bonds. The van der Waals surface area contributed by atoms with Gasteiger partial charge in [0.2, 0.25) is 5.91 Å². The maximum absolute atomic E-state index is 12.4. The lowest BCUT2D eigenvalue weighted by Gasteiger charge is -2.17. The summed E-state index contributed by atoms with van der Waals surface area (Å²) in [5, 5.41) is 4.52. The number of nitrogens with two attached hydrogens (primary N) is 1. The number of nitrogens with zero attached hydrogens (tertiary/aromatic N) is 4. The van der Waals surface area contributed by atoms with E-state index in [-0.39, 0.29) is 23.0 Å². The van der Waals surface area contributed by atoms with Crippen molar-refractivity contribution in [3.8, 4) is 5.69 Å². The third-order valence-electron chi connectivity index (χ3n) is 3.94. The average Bonchev–Trinajstić information content (AvgIpc) is 3.13. The lowest BCUT2D eigenvalue weighted by molar-refractivity contribution is -0.118. The highest BCUT2D eigenvalue weighted by molar-refractivity contribution is 6.32. The maximum atomic E-state index is 12.4. The summed E-state index contributed by atoms with van der Waals surface area (Å²) in [4.78, 5) is 18.0. The molecule has 1 aliphatic carbocycles. The number of amides is 1. The highest BCUT2D eigenvalue weighted by Gasteiger charge is 2.23. The molecular formula is C16H18ClN5O. The summed E-state index contributed by atoms with van der Waals surface area (Å²) in [5.74, 6) is 0.175. The topological polar surface area (TPSA) is 77.0 Å². The predicted octanol–water partition coefficient (Wildman–Crippen LogP) is 2.18. The zero-order chi connectivity index (χ0) is 16.4. The van der Waals surface area contributed by atoms with E-state index in [9.17, 15) is 4.79 Å². The number of pyridine rings is 1. The Bertz CT molecular complexity index is 727. The molecule has 2 aromatic heterocycles. The Hall–Kier alpha value is -2.18. The van der Waals surface area contributed by atoms with Gasteiger partial charge in [-0.2, -0.15) is 5.10 Å². The Kier molecular flexibility index (Phi) is 4.45. The fourth-order valence-electron chi connectivity index (χ4n) is 2.64. The van der Waals surface area contributed by atoms with Gasteiger partial charge in [-0.3, -0.25) is 9.78 Å². The summed E-state index contributed by atoms with van der Waals surface area (Å²) in [6, 6.07) is 3.73. The van der Waals surface area contributed by atoms with Crippen LogP contribution < -0.4 is 10.6 Å². The quantitative estimate of drug-likeness (QED) is 0.871. The molecule has 0 saturated heterocycles. The number of carbonyl (C=O) groups excluding carboxylic acids is 1. The molecule has 0 aromatic carbocycles. The van der Waals surface area contributed by atoms with Gasteiger partial charge in [-0.25, -0.2) is 4.68 Å². The third kappa shape index (κ3) is 3.43. The van der Waals surface area contributed by atoms with Crippen molar-refractivity contribution in [3.63, 3.8) is 0 Å². The first-order valence-electron chi connectivity index (χ1n) is 7.40. The summed E-state index contributed by atoms with van der Waals surface area (Å²) >= 11 is 6.19. The van der Waals surface area contributed by atoms with Crippen LogP contribution in [0.2, 0.25) is 5.15 Å². The number of aromatic nitrogens is 3. The van der Waals surface area contributed by atoms with Crippen molar-refractivity contribution < 1.29 is 4.79 Å². The van der Waals surface area contributed by atoms with Crippen LogP contribution in [-0.4, -0.2) is 33.8 Å². The lowest BCUT2D eigenvalue weighted by Crippen LogP contribution is -2.28. The van der Waals surface area contributed by atoms with E-state index in [1.807, 2.05) is 24.3 Å². The van der Waals surface area contributed by atoms with Gasteiger partial charge in [-0.05, 0) is 24.5 Å². The normalized spacial score (nSPS) is 20.0. The minimum atomic E-state index is -0.0126. The van der Waals surface area contributed by atoms with Crippen LogP contribution in [-0.2, 0) is 4.79 Å². The van der Waals surface area contributed by atoms with E-state index in [2.05, 4.69) is 10.1 Å². The van der Waals surface area contributed by atoms with E-state index in [1.165, 1.54) is 0 Å². The maximum Gasteiger partial charge on any atom is 0.227 e. The molecule has 2 heterocycles. The minimum Gasteiger partial charge on any atom is -0.324 e. The van der Waals surface area contributed by atoms with Crippen molar-refractivity contribution >= 4 is 23.2 Å².